The number of carbonyl (C=O) groups is 1. The topological polar surface area (TPSA) is 55.8 Å². The van der Waals surface area contributed by atoms with Crippen molar-refractivity contribution < 1.29 is 19.4 Å². The smallest absolute Gasteiger partial charge is 0.335 e. The zero-order valence-corrected chi connectivity index (χ0v) is 11.8. The standard InChI is InChI=1S/C15H22O4/c1-4-18-15(17)14(19-10-11(2)3)9-12-6-5-7-13(16)8-12/h5-8,11,14,16H,4,9-10H2,1-3H3. The van der Waals surface area contributed by atoms with Crippen molar-refractivity contribution in [2.24, 2.45) is 5.92 Å². The van der Waals surface area contributed by atoms with Crippen LogP contribution >= 0.6 is 0 Å². The van der Waals surface area contributed by atoms with Crippen LogP contribution in [0.3, 0.4) is 0 Å². The Bertz CT molecular complexity index is 401. The van der Waals surface area contributed by atoms with Gasteiger partial charge in [0.1, 0.15) is 5.75 Å². The van der Waals surface area contributed by atoms with E-state index in [4.69, 9.17) is 9.47 Å². The Balaban J connectivity index is 2.69. The molecule has 1 N–H and O–H groups in total. The summed E-state index contributed by atoms with van der Waals surface area (Å²) in [6.45, 7) is 6.65. The van der Waals surface area contributed by atoms with Crippen molar-refractivity contribution in [3.63, 3.8) is 0 Å². The first-order valence-corrected chi connectivity index (χ1v) is 6.59. The minimum absolute atomic E-state index is 0.184. The summed E-state index contributed by atoms with van der Waals surface area (Å²) in [7, 11) is 0. The predicted octanol–water partition coefficient (Wildman–Crippen LogP) is 2.54. The molecule has 1 unspecified atom stereocenters. The van der Waals surface area contributed by atoms with E-state index in [2.05, 4.69) is 0 Å². The molecule has 106 valence electrons. The average molecular weight is 266 g/mol. The van der Waals surface area contributed by atoms with E-state index >= 15 is 0 Å². The lowest BCUT2D eigenvalue weighted by Crippen LogP contribution is -2.30. The lowest BCUT2D eigenvalue weighted by atomic mass is 10.1. The van der Waals surface area contributed by atoms with Crippen LogP contribution in [-0.4, -0.2) is 30.4 Å². The quantitative estimate of drug-likeness (QED) is 0.771. The van der Waals surface area contributed by atoms with Crippen LogP contribution in [0, 0.1) is 5.92 Å². The molecule has 4 heteroatoms. The monoisotopic (exact) mass is 266 g/mol. The van der Waals surface area contributed by atoms with Crippen LogP contribution in [0.15, 0.2) is 24.3 Å². The fraction of sp³-hybridized carbons (Fsp3) is 0.533. The summed E-state index contributed by atoms with van der Waals surface area (Å²) in [4.78, 5) is 11.8. The third-order valence-electron chi connectivity index (χ3n) is 2.51. The van der Waals surface area contributed by atoms with Crippen molar-refractivity contribution in [3.05, 3.63) is 29.8 Å². The number of hydrogen-bond donors (Lipinski definition) is 1. The van der Waals surface area contributed by atoms with Gasteiger partial charge in [-0.3, -0.25) is 0 Å². The van der Waals surface area contributed by atoms with Crippen molar-refractivity contribution in [3.8, 4) is 5.75 Å². The third kappa shape index (κ3) is 5.75. The molecule has 1 aromatic carbocycles. The van der Waals surface area contributed by atoms with E-state index < -0.39 is 6.10 Å². The first kappa shape index (κ1) is 15.5. The Kier molecular flexibility index (Phi) is 6.36. The summed E-state index contributed by atoms with van der Waals surface area (Å²) in [6.07, 6.45) is -0.218. The van der Waals surface area contributed by atoms with Crippen LogP contribution in [0.4, 0.5) is 0 Å². The maximum absolute atomic E-state index is 11.8. The predicted molar refractivity (Wildman–Crippen MR) is 73.0 cm³/mol. The van der Waals surface area contributed by atoms with Gasteiger partial charge in [0.25, 0.3) is 0 Å². The summed E-state index contributed by atoms with van der Waals surface area (Å²) in [5, 5.41) is 9.43. The van der Waals surface area contributed by atoms with Gasteiger partial charge in [0.15, 0.2) is 6.10 Å². The average Bonchev–Trinajstić information content (AvgIpc) is 2.34. The second kappa shape index (κ2) is 7.79. The molecule has 0 amide bonds. The Morgan fingerprint density at radius 3 is 2.68 bits per heavy atom. The van der Waals surface area contributed by atoms with Gasteiger partial charge in [0.2, 0.25) is 0 Å². The largest absolute Gasteiger partial charge is 0.508 e. The van der Waals surface area contributed by atoms with E-state index in [9.17, 15) is 9.90 Å². The number of rotatable bonds is 7. The molecule has 0 aliphatic rings. The van der Waals surface area contributed by atoms with E-state index in [1.807, 2.05) is 19.9 Å². The summed E-state index contributed by atoms with van der Waals surface area (Å²) < 4.78 is 10.6. The van der Waals surface area contributed by atoms with Crippen molar-refractivity contribution in [1.82, 2.24) is 0 Å². The zero-order valence-electron chi connectivity index (χ0n) is 11.8. The molecule has 0 saturated heterocycles. The molecule has 0 bridgehead atoms. The molecule has 0 saturated carbocycles. The number of aromatic hydroxyl groups is 1. The van der Waals surface area contributed by atoms with Gasteiger partial charge in [-0.1, -0.05) is 26.0 Å². The van der Waals surface area contributed by atoms with Crippen molar-refractivity contribution in [2.45, 2.75) is 33.3 Å². The molecule has 0 aromatic heterocycles. The molecule has 1 atom stereocenters. The maximum atomic E-state index is 11.8. The van der Waals surface area contributed by atoms with Crippen LogP contribution < -0.4 is 0 Å². The molecular formula is C15H22O4. The highest BCUT2D eigenvalue weighted by molar-refractivity contribution is 5.75. The maximum Gasteiger partial charge on any atom is 0.335 e. The number of benzene rings is 1. The summed E-state index contributed by atoms with van der Waals surface area (Å²) in [5.41, 5.74) is 0.849. The van der Waals surface area contributed by atoms with E-state index in [0.717, 1.165) is 5.56 Å². The SMILES string of the molecule is CCOC(=O)C(Cc1cccc(O)c1)OCC(C)C. The molecule has 0 aliphatic heterocycles. The van der Waals surface area contributed by atoms with Crippen molar-refractivity contribution >= 4 is 5.97 Å². The van der Waals surface area contributed by atoms with Gasteiger partial charge in [-0.2, -0.15) is 0 Å². The van der Waals surface area contributed by atoms with Gasteiger partial charge in [-0.25, -0.2) is 4.79 Å². The van der Waals surface area contributed by atoms with Gasteiger partial charge < -0.3 is 14.6 Å². The first-order valence-electron chi connectivity index (χ1n) is 6.59. The molecule has 1 rings (SSSR count). The first-order chi connectivity index (χ1) is 9.02. The van der Waals surface area contributed by atoms with E-state index in [1.54, 1.807) is 25.1 Å². The Morgan fingerprint density at radius 2 is 2.11 bits per heavy atom. The molecule has 0 spiro atoms. The minimum atomic E-state index is -0.621. The molecule has 0 aliphatic carbocycles. The van der Waals surface area contributed by atoms with Crippen LogP contribution in [0.1, 0.15) is 26.3 Å². The highest BCUT2D eigenvalue weighted by Crippen LogP contribution is 2.15. The summed E-state index contributed by atoms with van der Waals surface area (Å²) in [5.74, 6) is 0.177. The molecule has 0 radical (unpaired) electrons. The number of hydrogen-bond acceptors (Lipinski definition) is 4. The molecule has 4 nitrogen and oxygen atoms in total. The van der Waals surface area contributed by atoms with E-state index in [-0.39, 0.29) is 11.7 Å². The van der Waals surface area contributed by atoms with E-state index in [1.165, 1.54) is 0 Å². The van der Waals surface area contributed by atoms with Gasteiger partial charge in [0, 0.05) is 6.42 Å². The lowest BCUT2D eigenvalue weighted by molar-refractivity contribution is -0.157. The second-order valence-corrected chi connectivity index (χ2v) is 4.84. The number of ether oxygens (including phenoxy) is 2. The third-order valence-corrected chi connectivity index (χ3v) is 2.51. The van der Waals surface area contributed by atoms with Crippen LogP contribution in [0.2, 0.25) is 0 Å². The summed E-state index contributed by atoms with van der Waals surface area (Å²) in [6, 6.07) is 6.82. The number of carbonyl (C=O) groups excluding carboxylic acids is 1. The highest BCUT2D eigenvalue weighted by Gasteiger charge is 2.21. The molecule has 19 heavy (non-hydrogen) atoms. The van der Waals surface area contributed by atoms with Gasteiger partial charge in [0.05, 0.1) is 13.2 Å². The Labute approximate surface area is 114 Å². The molecule has 0 heterocycles. The lowest BCUT2D eigenvalue weighted by Gasteiger charge is -2.18. The fourth-order valence-corrected chi connectivity index (χ4v) is 1.65. The Morgan fingerprint density at radius 1 is 1.37 bits per heavy atom. The van der Waals surface area contributed by atoms with Gasteiger partial charge >= 0.3 is 5.97 Å². The number of phenolic OH excluding ortho intramolecular Hbond substituents is 1. The molecular weight excluding hydrogens is 244 g/mol. The molecule has 0 fully saturated rings. The van der Waals surface area contributed by atoms with E-state index in [0.29, 0.717) is 25.6 Å². The minimum Gasteiger partial charge on any atom is -0.508 e. The van der Waals surface area contributed by atoms with Gasteiger partial charge in [-0.15, -0.1) is 0 Å². The normalized spacial score (nSPS) is 12.4. The van der Waals surface area contributed by atoms with Crippen LogP contribution in [-0.2, 0) is 20.7 Å². The fourth-order valence-electron chi connectivity index (χ4n) is 1.65. The zero-order chi connectivity index (χ0) is 14.3. The van der Waals surface area contributed by atoms with Gasteiger partial charge in [-0.05, 0) is 30.5 Å². The van der Waals surface area contributed by atoms with Crippen LogP contribution in [0.5, 0.6) is 5.75 Å². The van der Waals surface area contributed by atoms with Crippen molar-refractivity contribution in [1.29, 1.82) is 0 Å². The summed E-state index contributed by atoms with van der Waals surface area (Å²) >= 11 is 0. The second-order valence-electron chi connectivity index (χ2n) is 4.84. The Hall–Kier alpha value is -1.55. The van der Waals surface area contributed by atoms with Crippen molar-refractivity contribution in [2.75, 3.05) is 13.2 Å². The molecule has 1 aromatic rings. The van der Waals surface area contributed by atoms with Crippen LogP contribution in [0.25, 0.3) is 0 Å². The number of phenols is 1. The highest BCUT2D eigenvalue weighted by atomic mass is 16.6. The number of esters is 1.